The monoisotopic (exact) mass is 430 g/mol. The van der Waals surface area contributed by atoms with Gasteiger partial charge in [-0.25, -0.2) is 0 Å². The van der Waals surface area contributed by atoms with Crippen molar-refractivity contribution in [1.82, 2.24) is 14.8 Å². The van der Waals surface area contributed by atoms with Crippen LogP contribution in [0.2, 0.25) is 0 Å². The van der Waals surface area contributed by atoms with Gasteiger partial charge in [0.25, 0.3) is 0 Å². The predicted octanol–water partition coefficient (Wildman–Crippen LogP) is 3.81. The van der Waals surface area contributed by atoms with E-state index >= 15 is 0 Å². The van der Waals surface area contributed by atoms with Crippen LogP contribution in [-0.4, -0.2) is 39.3 Å². The lowest BCUT2D eigenvalue weighted by Crippen LogP contribution is -2.31. The summed E-state index contributed by atoms with van der Waals surface area (Å²) in [6, 6.07) is 8.94. The molecule has 3 aromatic rings. The SMILES string of the molecule is N#Cc1cnc2c(c1)CCCC2.N=Cc1ccc(O)cc1Nc1cnn(CC2COC2)c1. The lowest BCUT2D eigenvalue weighted by molar-refractivity contribution is -0.0408. The van der Waals surface area contributed by atoms with Crippen LogP contribution in [0, 0.1) is 22.7 Å². The standard InChI is InChI=1S/C14H16N4O2.C10H10N2/c15-4-11-1-2-13(19)3-14(11)17-12-5-16-18(7-12)6-10-8-20-9-10;11-6-8-5-9-3-1-2-4-10(9)12-7-8/h1-5,7,10,15,17,19H,6,8-9H2;5,7H,1-4H2. The maximum absolute atomic E-state index is 9.52. The molecule has 2 aromatic heterocycles. The number of fused-ring (bicyclic) bond motifs is 1. The lowest BCUT2D eigenvalue weighted by atomic mass is 9.95. The van der Waals surface area contributed by atoms with E-state index in [1.807, 2.05) is 16.9 Å². The Bertz CT molecular complexity index is 1130. The summed E-state index contributed by atoms with van der Waals surface area (Å²) >= 11 is 0. The molecule has 8 nitrogen and oxygen atoms in total. The molecule has 0 atom stereocenters. The van der Waals surface area contributed by atoms with Crippen molar-refractivity contribution < 1.29 is 9.84 Å². The Morgan fingerprint density at radius 2 is 2.09 bits per heavy atom. The van der Waals surface area contributed by atoms with E-state index in [-0.39, 0.29) is 5.75 Å². The molecule has 0 radical (unpaired) electrons. The molecule has 1 aliphatic carbocycles. The average molecular weight is 431 g/mol. The zero-order chi connectivity index (χ0) is 22.3. The Morgan fingerprint density at radius 1 is 1.25 bits per heavy atom. The second-order valence-electron chi connectivity index (χ2n) is 8.04. The molecule has 0 saturated carbocycles. The highest BCUT2D eigenvalue weighted by atomic mass is 16.5. The van der Waals surface area contributed by atoms with Gasteiger partial charge in [-0.1, -0.05) is 0 Å². The van der Waals surface area contributed by atoms with Crippen molar-refractivity contribution in [2.75, 3.05) is 18.5 Å². The van der Waals surface area contributed by atoms with E-state index in [2.05, 4.69) is 21.5 Å². The highest BCUT2D eigenvalue weighted by molar-refractivity contribution is 5.87. The molecular formula is C24H26N6O2. The summed E-state index contributed by atoms with van der Waals surface area (Å²) in [5.41, 5.74) is 5.39. The molecule has 3 heterocycles. The second kappa shape index (κ2) is 10.1. The van der Waals surface area contributed by atoms with Crippen molar-refractivity contribution in [3.63, 3.8) is 0 Å². The van der Waals surface area contributed by atoms with Crippen molar-refractivity contribution >= 4 is 17.6 Å². The van der Waals surface area contributed by atoms with E-state index in [9.17, 15) is 5.11 Å². The van der Waals surface area contributed by atoms with Crippen LogP contribution in [0.5, 0.6) is 5.75 Å². The van der Waals surface area contributed by atoms with Crippen LogP contribution in [0.3, 0.4) is 0 Å². The van der Waals surface area contributed by atoms with Crippen LogP contribution in [0.25, 0.3) is 0 Å². The Morgan fingerprint density at radius 3 is 2.84 bits per heavy atom. The first-order valence-corrected chi connectivity index (χ1v) is 10.7. The maximum atomic E-state index is 9.52. The molecule has 5 rings (SSSR count). The minimum absolute atomic E-state index is 0.164. The molecular weight excluding hydrogens is 404 g/mol. The molecule has 0 unspecified atom stereocenters. The Balaban J connectivity index is 0.000000174. The minimum atomic E-state index is 0.164. The Kier molecular flexibility index (Phi) is 6.78. The molecule has 1 aliphatic heterocycles. The molecule has 1 fully saturated rings. The van der Waals surface area contributed by atoms with Crippen LogP contribution in [0.4, 0.5) is 11.4 Å². The number of aromatic nitrogens is 3. The fourth-order valence-corrected chi connectivity index (χ4v) is 3.77. The van der Waals surface area contributed by atoms with E-state index in [1.165, 1.54) is 30.3 Å². The van der Waals surface area contributed by atoms with E-state index in [0.29, 0.717) is 22.7 Å². The first-order valence-electron chi connectivity index (χ1n) is 10.7. The average Bonchev–Trinajstić information content (AvgIpc) is 3.23. The minimum Gasteiger partial charge on any atom is -0.508 e. The molecule has 0 bridgehead atoms. The number of ether oxygens (including phenoxy) is 1. The summed E-state index contributed by atoms with van der Waals surface area (Å²) in [5.74, 6) is 0.706. The first kappa shape index (κ1) is 21.5. The largest absolute Gasteiger partial charge is 0.508 e. The number of pyridine rings is 1. The van der Waals surface area contributed by atoms with Gasteiger partial charge in [0.1, 0.15) is 11.8 Å². The maximum Gasteiger partial charge on any atom is 0.117 e. The number of aromatic hydroxyl groups is 1. The van der Waals surface area contributed by atoms with Crippen LogP contribution >= 0.6 is 0 Å². The van der Waals surface area contributed by atoms with Crippen molar-refractivity contribution in [1.29, 1.82) is 10.7 Å². The van der Waals surface area contributed by atoms with Gasteiger partial charge < -0.3 is 20.6 Å². The number of hydrogen-bond acceptors (Lipinski definition) is 7. The van der Waals surface area contributed by atoms with Gasteiger partial charge in [-0.05, 0) is 49.4 Å². The molecule has 164 valence electrons. The third-order valence-electron chi connectivity index (χ3n) is 5.56. The van der Waals surface area contributed by atoms with Gasteiger partial charge in [0.15, 0.2) is 0 Å². The summed E-state index contributed by atoms with van der Waals surface area (Å²) < 4.78 is 7.02. The highest BCUT2D eigenvalue weighted by Crippen LogP contribution is 2.24. The third kappa shape index (κ3) is 5.31. The number of phenolic OH excluding ortho intramolecular Hbond substituents is 1. The number of aryl methyl sites for hydroxylation is 2. The second-order valence-corrected chi connectivity index (χ2v) is 8.04. The van der Waals surface area contributed by atoms with Crippen LogP contribution in [0.15, 0.2) is 42.9 Å². The molecule has 1 saturated heterocycles. The van der Waals surface area contributed by atoms with Gasteiger partial charge in [-0.15, -0.1) is 0 Å². The van der Waals surface area contributed by atoms with Gasteiger partial charge in [0.2, 0.25) is 0 Å². The Hall–Kier alpha value is -3.70. The summed E-state index contributed by atoms with van der Waals surface area (Å²) in [6.07, 6.45) is 11.2. The van der Waals surface area contributed by atoms with Crippen molar-refractivity contribution in [3.05, 3.63) is 65.2 Å². The summed E-state index contributed by atoms with van der Waals surface area (Å²) in [5, 5.41) is 33.0. The zero-order valence-electron chi connectivity index (χ0n) is 17.8. The van der Waals surface area contributed by atoms with E-state index in [1.54, 1.807) is 30.6 Å². The number of nitriles is 1. The summed E-state index contributed by atoms with van der Waals surface area (Å²) in [4.78, 5) is 4.27. The fraction of sp³-hybridized carbons (Fsp3) is 0.333. The van der Waals surface area contributed by atoms with Crippen molar-refractivity contribution in [2.45, 2.75) is 32.2 Å². The normalized spacial score (nSPS) is 14.8. The van der Waals surface area contributed by atoms with Gasteiger partial charge in [-0.3, -0.25) is 9.67 Å². The number of nitrogens with zero attached hydrogens (tertiary/aromatic N) is 4. The quantitative estimate of drug-likeness (QED) is 0.530. The molecule has 32 heavy (non-hydrogen) atoms. The van der Waals surface area contributed by atoms with Crippen LogP contribution in [0.1, 0.15) is 35.2 Å². The number of phenols is 1. The van der Waals surface area contributed by atoms with Gasteiger partial charge in [0, 0.05) is 48.4 Å². The summed E-state index contributed by atoms with van der Waals surface area (Å²) in [6.45, 7) is 2.44. The van der Waals surface area contributed by atoms with E-state index in [0.717, 1.165) is 38.3 Å². The lowest BCUT2D eigenvalue weighted by Gasteiger charge is -2.25. The first-order chi connectivity index (χ1) is 15.6. The number of anilines is 2. The van der Waals surface area contributed by atoms with Crippen molar-refractivity contribution in [2.24, 2.45) is 5.92 Å². The van der Waals surface area contributed by atoms with Gasteiger partial charge in [-0.2, -0.15) is 10.4 Å². The van der Waals surface area contributed by atoms with E-state index < -0.39 is 0 Å². The topological polar surface area (TPSA) is 120 Å². The molecule has 0 amide bonds. The van der Waals surface area contributed by atoms with Crippen molar-refractivity contribution in [3.8, 4) is 11.8 Å². The van der Waals surface area contributed by atoms with E-state index in [4.69, 9.17) is 15.4 Å². The molecule has 8 heteroatoms. The fourth-order valence-electron chi connectivity index (χ4n) is 3.77. The van der Waals surface area contributed by atoms with Crippen LogP contribution in [-0.2, 0) is 24.1 Å². The van der Waals surface area contributed by atoms with Gasteiger partial charge >= 0.3 is 0 Å². The highest BCUT2D eigenvalue weighted by Gasteiger charge is 2.19. The molecule has 0 spiro atoms. The zero-order valence-corrected chi connectivity index (χ0v) is 17.8. The smallest absolute Gasteiger partial charge is 0.117 e. The number of rotatable bonds is 5. The molecule has 2 aliphatic rings. The van der Waals surface area contributed by atoms with Crippen LogP contribution < -0.4 is 5.32 Å². The number of hydrogen-bond donors (Lipinski definition) is 3. The summed E-state index contributed by atoms with van der Waals surface area (Å²) in [7, 11) is 0. The third-order valence-corrected chi connectivity index (χ3v) is 5.56. The predicted molar refractivity (Wildman–Crippen MR) is 121 cm³/mol. The molecule has 3 N–H and O–H groups in total. The Labute approximate surface area is 187 Å². The van der Waals surface area contributed by atoms with Gasteiger partial charge in [0.05, 0.1) is 36.3 Å². The number of nitrogens with one attached hydrogen (secondary N) is 2. The number of benzene rings is 1. The molecule has 1 aromatic carbocycles.